The molecule has 0 saturated heterocycles. The fraction of sp³-hybridized carbons (Fsp3) is 0.286. The van der Waals surface area contributed by atoms with E-state index in [1.807, 2.05) is 37.3 Å². The molecule has 23 heavy (non-hydrogen) atoms. The van der Waals surface area contributed by atoms with E-state index in [1.165, 1.54) is 0 Å². The molecule has 9 heteroatoms. The molecule has 1 aromatic carbocycles. The van der Waals surface area contributed by atoms with Crippen LogP contribution >= 0.6 is 0 Å². The zero-order chi connectivity index (χ0) is 16.4. The summed E-state index contributed by atoms with van der Waals surface area (Å²) in [6.07, 6.45) is 0. The van der Waals surface area contributed by atoms with Crippen LogP contribution in [0.15, 0.2) is 50.7 Å². The molecule has 0 unspecified atom stereocenters. The molecule has 0 atom stereocenters. The van der Waals surface area contributed by atoms with Gasteiger partial charge in [-0.15, -0.1) is 10.2 Å². The SMILES string of the molecule is CCOC([S-])=NN=C(C)C(=NN=C([S-])NC)c1ccccc1.[Ni+2]. The van der Waals surface area contributed by atoms with Gasteiger partial charge in [-0.3, -0.25) is 0 Å². The van der Waals surface area contributed by atoms with E-state index in [4.69, 9.17) is 30.0 Å². The van der Waals surface area contributed by atoms with Crippen LogP contribution in [0, 0.1) is 0 Å². The van der Waals surface area contributed by atoms with E-state index >= 15 is 0 Å². The van der Waals surface area contributed by atoms with Crippen LogP contribution in [0.3, 0.4) is 0 Å². The second-order valence-corrected chi connectivity index (χ2v) is 4.69. The number of ether oxygens (including phenoxy) is 1. The molecule has 126 valence electrons. The summed E-state index contributed by atoms with van der Waals surface area (Å²) in [5.74, 6) is 0. The van der Waals surface area contributed by atoms with Crippen molar-refractivity contribution in [2.75, 3.05) is 13.7 Å². The Kier molecular flexibility index (Phi) is 11.1. The van der Waals surface area contributed by atoms with Crippen molar-refractivity contribution < 1.29 is 21.2 Å². The summed E-state index contributed by atoms with van der Waals surface area (Å²) < 4.78 is 5.06. The minimum atomic E-state index is 0. The molecular weight excluding hydrogens is 377 g/mol. The summed E-state index contributed by atoms with van der Waals surface area (Å²) in [4.78, 5) is 0. The molecule has 0 aliphatic heterocycles. The van der Waals surface area contributed by atoms with Gasteiger partial charge in [0.05, 0.1) is 17.5 Å². The second kappa shape index (κ2) is 11.9. The molecule has 0 saturated carbocycles. The Balaban J connectivity index is 0.00000484. The predicted molar refractivity (Wildman–Crippen MR) is 96.4 cm³/mol. The van der Waals surface area contributed by atoms with Crippen molar-refractivity contribution in [1.29, 1.82) is 0 Å². The molecule has 1 aromatic rings. The summed E-state index contributed by atoms with van der Waals surface area (Å²) in [5, 5.41) is 19.0. The molecule has 1 rings (SSSR count). The molecule has 0 radical (unpaired) electrons. The van der Waals surface area contributed by atoms with Gasteiger partial charge in [-0.2, -0.15) is 10.2 Å². The quantitative estimate of drug-likeness (QED) is 0.272. The minimum absolute atomic E-state index is 0. The zero-order valence-electron chi connectivity index (χ0n) is 12.9. The van der Waals surface area contributed by atoms with Crippen LogP contribution < -0.4 is 5.32 Å². The normalized spacial score (nSPS) is 13.3. The standard InChI is InChI=1S/C14H19N5OS2.Ni/c1-4-20-14(22)19-16-10(2)12(17-18-13(21)15-3)11-8-6-5-7-9-11;/h5-9H,4H2,1-3H3,(H,19,22)(H2,15,18,21);/q;+2/p-2. The van der Waals surface area contributed by atoms with Crippen LogP contribution in [-0.4, -0.2) is 35.5 Å². The van der Waals surface area contributed by atoms with E-state index in [9.17, 15) is 0 Å². The second-order valence-electron chi connectivity index (χ2n) is 3.95. The van der Waals surface area contributed by atoms with E-state index in [-0.39, 0.29) is 26.9 Å². The van der Waals surface area contributed by atoms with Crippen LogP contribution in [0.2, 0.25) is 0 Å². The van der Waals surface area contributed by atoms with Crippen molar-refractivity contribution >= 4 is 47.1 Å². The third-order valence-electron chi connectivity index (χ3n) is 2.39. The number of nitrogens with one attached hydrogen (secondary N) is 1. The molecule has 0 aliphatic carbocycles. The summed E-state index contributed by atoms with van der Waals surface area (Å²) >= 11 is 9.87. The molecule has 0 aliphatic rings. The van der Waals surface area contributed by atoms with Crippen molar-refractivity contribution in [2.24, 2.45) is 20.4 Å². The maximum atomic E-state index is 5.06. The van der Waals surface area contributed by atoms with E-state index in [0.717, 1.165) is 5.56 Å². The first-order chi connectivity index (χ1) is 10.6. The maximum absolute atomic E-state index is 5.06. The maximum Gasteiger partial charge on any atom is 2.00 e. The topological polar surface area (TPSA) is 70.7 Å². The third-order valence-corrected chi connectivity index (χ3v) is 2.88. The van der Waals surface area contributed by atoms with E-state index < -0.39 is 0 Å². The Morgan fingerprint density at radius 2 is 1.74 bits per heavy atom. The Morgan fingerprint density at radius 3 is 2.30 bits per heavy atom. The Hall–Kier alpha value is -1.57. The molecule has 0 fully saturated rings. The van der Waals surface area contributed by atoms with Gasteiger partial charge in [-0.05, 0) is 19.0 Å². The zero-order valence-corrected chi connectivity index (χ0v) is 15.5. The number of nitrogens with zero attached hydrogens (tertiary/aromatic N) is 4. The number of amidine groups is 1. The van der Waals surface area contributed by atoms with Crippen LogP contribution in [0.1, 0.15) is 19.4 Å². The van der Waals surface area contributed by atoms with Gasteiger partial charge in [0.1, 0.15) is 5.71 Å². The van der Waals surface area contributed by atoms with Gasteiger partial charge >= 0.3 is 16.5 Å². The van der Waals surface area contributed by atoms with Gasteiger partial charge in [-0.1, -0.05) is 30.3 Å². The first kappa shape index (κ1) is 21.4. The van der Waals surface area contributed by atoms with Crippen molar-refractivity contribution in [3.8, 4) is 0 Å². The fourth-order valence-electron chi connectivity index (χ4n) is 1.40. The molecule has 0 amide bonds. The Bertz CT molecular complexity index is 602. The van der Waals surface area contributed by atoms with Crippen LogP contribution in [0.5, 0.6) is 0 Å². The molecule has 6 nitrogen and oxygen atoms in total. The average molecular weight is 394 g/mol. The smallest absolute Gasteiger partial charge is 0.741 e. The molecule has 0 spiro atoms. The van der Waals surface area contributed by atoms with E-state index in [0.29, 0.717) is 18.0 Å². The molecule has 0 heterocycles. The van der Waals surface area contributed by atoms with Crippen LogP contribution in [0.4, 0.5) is 0 Å². The fourth-order valence-corrected chi connectivity index (χ4v) is 1.60. The van der Waals surface area contributed by atoms with Crippen LogP contribution in [-0.2, 0) is 46.5 Å². The van der Waals surface area contributed by atoms with Gasteiger partial charge in [0.15, 0.2) is 0 Å². The molecule has 1 N–H and O–H groups in total. The molecule has 0 aromatic heterocycles. The summed E-state index contributed by atoms with van der Waals surface area (Å²) in [7, 11) is 1.68. The van der Waals surface area contributed by atoms with Gasteiger partial charge in [0.25, 0.3) is 0 Å². The number of rotatable bonds is 5. The first-order valence-corrected chi connectivity index (χ1v) is 7.38. The Labute approximate surface area is 157 Å². The van der Waals surface area contributed by atoms with Crippen molar-refractivity contribution in [1.82, 2.24) is 5.32 Å². The molecular formula is C14H17N5NiOS2. The van der Waals surface area contributed by atoms with Crippen molar-refractivity contribution in [3.05, 3.63) is 35.9 Å². The van der Waals surface area contributed by atoms with Crippen molar-refractivity contribution in [2.45, 2.75) is 13.8 Å². The van der Waals surface area contributed by atoms with Gasteiger partial charge in [0.2, 0.25) is 0 Å². The number of hydrogen-bond acceptors (Lipinski definition) is 7. The van der Waals surface area contributed by atoms with Gasteiger partial charge in [-0.25, -0.2) is 0 Å². The Morgan fingerprint density at radius 1 is 1.09 bits per heavy atom. The number of benzene rings is 1. The summed E-state index contributed by atoms with van der Waals surface area (Å²) in [6, 6.07) is 9.51. The average Bonchev–Trinajstić information content (AvgIpc) is 2.54. The summed E-state index contributed by atoms with van der Waals surface area (Å²) in [5.41, 5.74) is 1.96. The summed E-state index contributed by atoms with van der Waals surface area (Å²) in [6.45, 7) is 4.04. The number of hydrogen-bond donors (Lipinski definition) is 1. The first-order valence-electron chi connectivity index (χ1n) is 6.56. The third kappa shape index (κ3) is 8.01. The van der Waals surface area contributed by atoms with Crippen LogP contribution in [0.25, 0.3) is 0 Å². The van der Waals surface area contributed by atoms with Gasteiger partial charge < -0.3 is 35.3 Å². The monoisotopic (exact) mass is 393 g/mol. The molecule has 0 bridgehead atoms. The predicted octanol–water partition coefficient (Wildman–Crippen LogP) is 1.83. The van der Waals surface area contributed by atoms with Crippen molar-refractivity contribution in [3.63, 3.8) is 0 Å². The van der Waals surface area contributed by atoms with E-state index in [2.05, 4.69) is 25.7 Å². The minimum Gasteiger partial charge on any atom is -0.741 e. The largest absolute Gasteiger partial charge is 2.00 e. The van der Waals surface area contributed by atoms with Gasteiger partial charge in [0, 0.05) is 12.6 Å². The van der Waals surface area contributed by atoms with E-state index in [1.54, 1.807) is 14.0 Å².